The molecule has 86 valence electrons. The van der Waals surface area contributed by atoms with E-state index in [1.165, 1.54) is 11.8 Å². The first-order chi connectivity index (χ1) is 8.33. The molecule has 0 bridgehead atoms. The van der Waals surface area contributed by atoms with Gasteiger partial charge in [0.1, 0.15) is 11.5 Å². The lowest BCUT2D eigenvalue weighted by atomic mass is 10.2. The fourth-order valence-electron chi connectivity index (χ4n) is 1.50. The molecule has 2 rings (SSSR count). The Morgan fingerprint density at radius 3 is 2.65 bits per heavy atom. The number of pyridine rings is 1. The van der Waals surface area contributed by atoms with E-state index in [9.17, 15) is 4.79 Å². The number of nitrogens with zero attached hydrogens (tertiary/aromatic N) is 1. The molecule has 1 aromatic carbocycles. The minimum atomic E-state index is 0.451. The zero-order chi connectivity index (χ0) is 12.1. The maximum atomic E-state index is 10.8. The summed E-state index contributed by atoms with van der Waals surface area (Å²) in [6.45, 7) is 2.10. The number of carbonyl (C=O) groups excluding carboxylic acids is 1. The van der Waals surface area contributed by atoms with Gasteiger partial charge in [0.15, 0.2) is 6.29 Å². The fourth-order valence-corrected chi connectivity index (χ4v) is 1.50. The van der Waals surface area contributed by atoms with Gasteiger partial charge in [-0.25, -0.2) is 0 Å². The second kappa shape index (κ2) is 5.25. The van der Waals surface area contributed by atoms with Gasteiger partial charge in [0.25, 0.3) is 0 Å². The van der Waals surface area contributed by atoms with E-state index in [1.54, 1.807) is 12.3 Å². The Labute approximate surface area is 100 Å². The van der Waals surface area contributed by atoms with Crippen molar-refractivity contribution in [2.24, 2.45) is 0 Å². The van der Waals surface area contributed by atoms with E-state index >= 15 is 0 Å². The number of aromatic nitrogens is 1. The Bertz CT molecular complexity index is 506. The first-order valence-corrected chi connectivity index (χ1v) is 5.49. The first-order valence-electron chi connectivity index (χ1n) is 5.49. The molecule has 0 spiro atoms. The lowest BCUT2D eigenvalue weighted by Crippen LogP contribution is -1.91. The van der Waals surface area contributed by atoms with Crippen LogP contribution in [0.4, 0.5) is 0 Å². The van der Waals surface area contributed by atoms with Crippen LogP contribution in [0, 0.1) is 0 Å². The zero-order valence-corrected chi connectivity index (χ0v) is 9.59. The van der Waals surface area contributed by atoms with E-state index in [4.69, 9.17) is 4.74 Å². The third-order valence-electron chi connectivity index (χ3n) is 2.50. The van der Waals surface area contributed by atoms with Crippen LogP contribution in [0.15, 0.2) is 42.7 Å². The molecule has 1 aromatic heterocycles. The Morgan fingerprint density at radius 1 is 1.24 bits per heavy atom. The van der Waals surface area contributed by atoms with Crippen molar-refractivity contribution in [3.05, 3.63) is 53.9 Å². The molecule has 0 aliphatic carbocycles. The van der Waals surface area contributed by atoms with Gasteiger partial charge < -0.3 is 4.74 Å². The number of ether oxygens (including phenoxy) is 1. The lowest BCUT2D eigenvalue weighted by Gasteiger charge is -2.07. The lowest BCUT2D eigenvalue weighted by molar-refractivity contribution is 0.112. The Kier molecular flexibility index (Phi) is 3.50. The maximum Gasteiger partial charge on any atom is 0.155 e. The van der Waals surface area contributed by atoms with Gasteiger partial charge >= 0.3 is 0 Å². The average Bonchev–Trinajstić information content (AvgIpc) is 2.40. The molecular weight excluding hydrogens is 214 g/mol. The van der Waals surface area contributed by atoms with Crippen LogP contribution < -0.4 is 4.74 Å². The second-order valence-electron chi connectivity index (χ2n) is 3.63. The van der Waals surface area contributed by atoms with E-state index in [-0.39, 0.29) is 0 Å². The van der Waals surface area contributed by atoms with Crippen molar-refractivity contribution in [2.45, 2.75) is 13.3 Å². The normalized spacial score (nSPS) is 9.94. The van der Waals surface area contributed by atoms with Crippen molar-refractivity contribution in [3.63, 3.8) is 0 Å². The van der Waals surface area contributed by atoms with Crippen molar-refractivity contribution in [1.82, 2.24) is 4.98 Å². The van der Waals surface area contributed by atoms with Crippen molar-refractivity contribution in [2.75, 3.05) is 0 Å². The molecule has 17 heavy (non-hydrogen) atoms. The molecular formula is C14H13NO2. The average molecular weight is 227 g/mol. The summed E-state index contributed by atoms with van der Waals surface area (Å²) in [6, 6.07) is 9.49. The predicted molar refractivity (Wildman–Crippen MR) is 65.5 cm³/mol. The summed E-state index contributed by atoms with van der Waals surface area (Å²) in [7, 11) is 0. The van der Waals surface area contributed by atoms with Crippen LogP contribution in [0.5, 0.6) is 11.5 Å². The molecule has 0 amide bonds. The molecule has 3 heteroatoms. The quantitative estimate of drug-likeness (QED) is 0.752. The summed E-state index contributed by atoms with van der Waals surface area (Å²) < 4.78 is 5.63. The van der Waals surface area contributed by atoms with Gasteiger partial charge in [0, 0.05) is 12.4 Å². The number of aldehydes is 1. The molecule has 0 radical (unpaired) electrons. The molecule has 0 aliphatic heterocycles. The molecule has 2 aromatic rings. The third kappa shape index (κ3) is 2.69. The van der Waals surface area contributed by atoms with Crippen molar-refractivity contribution >= 4 is 6.29 Å². The molecule has 0 saturated heterocycles. The number of rotatable bonds is 4. The van der Waals surface area contributed by atoms with Gasteiger partial charge in [-0.1, -0.05) is 19.1 Å². The Morgan fingerprint density at radius 2 is 2.00 bits per heavy atom. The second-order valence-corrected chi connectivity index (χ2v) is 3.63. The Hall–Kier alpha value is -2.16. The van der Waals surface area contributed by atoms with Gasteiger partial charge in [-0.3, -0.25) is 9.78 Å². The number of hydrogen-bond acceptors (Lipinski definition) is 3. The summed E-state index contributed by atoms with van der Waals surface area (Å²) >= 11 is 0. The summed E-state index contributed by atoms with van der Waals surface area (Å²) in [6.07, 6.45) is 4.82. The van der Waals surface area contributed by atoms with Crippen molar-refractivity contribution in [1.29, 1.82) is 0 Å². The number of aryl methyl sites for hydroxylation is 1. The van der Waals surface area contributed by atoms with E-state index in [0.717, 1.165) is 18.5 Å². The number of benzene rings is 1. The van der Waals surface area contributed by atoms with Crippen LogP contribution >= 0.6 is 0 Å². The van der Waals surface area contributed by atoms with E-state index in [1.807, 2.05) is 24.3 Å². The number of carbonyl (C=O) groups is 1. The smallest absolute Gasteiger partial charge is 0.155 e. The highest BCUT2D eigenvalue weighted by Gasteiger charge is 2.03. The van der Waals surface area contributed by atoms with Crippen molar-refractivity contribution in [3.8, 4) is 11.5 Å². The predicted octanol–water partition coefficient (Wildman–Crippen LogP) is 3.25. The molecule has 0 unspecified atom stereocenters. The Balaban J connectivity index is 2.22. The molecule has 0 aliphatic rings. The maximum absolute atomic E-state index is 10.8. The van der Waals surface area contributed by atoms with Crippen LogP contribution in [0.2, 0.25) is 0 Å². The molecule has 0 fully saturated rings. The minimum Gasteiger partial charge on any atom is -0.457 e. The van der Waals surface area contributed by atoms with Gasteiger partial charge in [0.05, 0.1) is 5.56 Å². The molecule has 3 nitrogen and oxygen atoms in total. The van der Waals surface area contributed by atoms with Gasteiger partial charge in [-0.2, -0.15) is 0 Å². The largest absolute Gasteiger partial charge is 0.457 e. The third-order valence-corrected chi connectivity index (χ3v) is 2.50. The molecule has 0 atom stereocenters. The van der Waals surface area contributed by atoms with Crippen LogP contribution in [-0.2, 0) is 6.42 Å². The summed E-state index contributed by atoms with van der Waals surface area (Å²) in [4.78, 5) is 14.7. The van der Waals surface area contributed by atoms with Gasteiger partial charge in [-0.05, 0) is 30.2 Å². The molecule has 0 N–H and O–H groups in total. The van der Waals surface area contributed by atoms with Crippen LogP contribution in [0.3, 0.4) is 0 Å². The summed E-state index contributed by atoms with van der Waals surface area (Å²) in [5.41, 5.74) is 1.70. The zero-order valence-electron chi connectivity index (χ0n) is 9.59. The van der Waals surface area contributed by atoms with E-state index < -0.39 is 0 Å². The van der Waals surface area contributed by atoms with Crippen LogP contribution in [0.1, 0.15) is 22.8 Å². The van der Waals surface area contributed by atoms with E-state index in [0.29, 0.717) is 11.3 Å². The van der Waals surface area contributed by atoms with Gasteiger partial charge in [0.2, 0.25) is 0 Å². The fraction of sp³-hybridized carbons (Fsp3) is 0.143. The summed E-state index contributed by atoms with van der Waals surface area (Å²) in [5, 5.41) is 0. The first kappa shape index (κ1) is 11.3. The SMILES string of the molecule is CCc1ccc(Oc2ccncc2C=O)cc1. The topological polar surface area (TPSA) is 39.2 Å². The molecule has 1 heterocycles. The highest BCUT2D eigenvalue weighted by atomic mass is 16.5. The van der Waals surface area contributed by atoms with Gasteiger partial charge in [-0.15, -0.1) is 0 Å². The minimum absolute atomic E-state index is 0.451. The standard InChI is InChI=1S/C14H13NO2/c1-2-11-3-5-13(6-4-11)17-14-7-8-15-9-12(14)10-16/h3-10H,2H2,1H3. The van der Waals surface area contributed by atoms with Crippen molar-refractivity contribution < 1.29 is 9.53 Å². The number of hydrogen-bond donors (Lipinski definition) is 0. The molecule has 0 saturated carbocycles. The highest BCUT2D eigenvalue weighted by molar-refractivity contribution is 5.78. The van der Waals surface area contributed by atoms with Crippen LogP contribution in [-0.4, -0.2) is 11.3 Å². The van der Waals surface area contributed by atoms with E-state index in [2.05, 4.69) is 11.9 Å². The highest BCUT2D eigenvalue weighted by Crippen LogP contribution is 2.23. The van der Waals surface area contributed by atoms with Crippen LogP contribution in [0.25, 0.3) is 0 Å². The monoisotopic (exact) mass is 227 g/mol. The summed E-state index contributed by atoms with van der Waals surface area (Å²) in [5.74, 6) is 1.25.